The molecule has 2 aromatic carbocycles. The first kappa shape index (κ1) is 24.2. The molecule has 1 unspecified atom stereocenters. The van der Waals surface area contributed by atoms with E-state index in [9.17, 15) is 4.79 Å². The summed E-state index contributed by atoms with van der Waals surface area (Å²) in [5.74, 6) is 2.16. The number of hydrogen-bond donors (Lipinski definition) is 1. The Hall–Kier alpha value is -2.89. The van der Waals surface area contributed by atoms with E-state index in [0.29, 0.717) is 21.9 Å². The van der Waals surface area contributed by atoms with E-state index in [0.717, 1.165) is 21.5 Å². The lowest BCUT2D eigenvalue weighted by atomic mass is 10.2. The van der Waals surface area contributed by atoms with Gasteiger partial charge in [-0.1, -0.05) is 39.8 Å². The highest BCUT2D eigenvalue weighted by Gasteiger charge is 2.18. The quantitative estimate of drug-likeness (QED) is 0.267. The zero-order chi connectivity index (χ0) is 24.1. The van der Waals surface area contributed by atoms with Gasteiger partial charge in [-0.25, -0.2) is 4.98 Å². The second-order valence-corrected chi connectivity index (χ2v) is 9.93. The molecule has 8 nitrogen and oxygen atoms in total. The van der Waals surface area contributed by atoms with Gasteiger partial charge in [-0.05, 0) is 43.3 Å². The second-order valence-electron chi connectivity index (χ2n) is 7.22. The van der Waals surface area contributed by atoms with Gasteiger partial charge in [-0.3, -0.25) is 4.79 Å². The summed E-state index contributed by atoms with van der Waals surface area (Å²) in [6.07, 6.45) is -0.318. The number of benzene rings is 2. The molecule has 1 N–H and O–H groups in total. The molecule has 0 aliphatic heterocycles. The molecular formula is C23H22BrN5O3S2. The third-order valence-electron chi connectivity index (χ3n) is 4.83. The Balaban J connectivity index is 1.31. The number of anilines is 1. The van der Waals surface area contributed by atoms with Crippen LogP contribution in [0.2, 0.25) is 0 Å². The number of carbonyl (C=O) groups is 1. The van der Waals surface area contributed by atoms with Crippen LogP contribution in [0.25, 0.3) is 11.3 Å². The van der Waals surface area contributed by atoms with Crippen LogP contribution in [0, 0.1) is 0 Å². The molecule has 2 aromatic heterocycles. The predicted octanol–water partition coefficient (Wildman–Crippen LogP) is 5.58. The van der Waals surface area contributed by atoms with Crippen LogP contribution in [-0.2, 0) is 11.8 Å². The number of carbonyl (C=O) groups excluding carboxylic acids is 1. The fourth-order valence-corrected chi connectivity index (χ4v) is 4.81. The van der Waals surface area contributed by atoms with Gasteiger partial charge in [0.15, 0.2) is 22.2 Å². The monoisotopic (exact) mass is 559 g/mol. The predicted molar refractivity (Wildman–Crippen MR) is 138 cm³/mol. The molecule has 0 radical (unpaired) electrons. The number of ether oxygens (including phenoxy) is 2. The molecule has 1 amide bonds. The van der Waals surface area contributed by atoms with Gasteiger partial charge >= 0.3 is 0 Å². The third kappa shape index (κ3) is 5.96. The normalized spacial score (nSPS) is 11.8. The summed E-state index contributed by atoms with van der Waals surface area (Å²) in [4.78, 5) is 17.0. The Morgan fingerprint density at radius 3 is 2.56 bits per heavy atom. The van der Waals surface area contributed by atoms with Gasteiger partial charge in [0, 0.05) is 22.5 Å². The minimum Gasteiger partial charge on any atom is -0.497 e. The van der Waals surface area contributed by atoms with E-state index in [1.54, 1.807) is 7.11 Å². The summed E-state index contributed by atoms with van der Waals surface area (Å²) in [6, 6.07) is 15.2. The van der Waals surface area contributed by atoms with Gasteiger partial charge in [-0.2, -0.15) is 0 Å². The van der Waals surface area contributed by atoms with Crippen molar-refractivity contribution in [3.05, 3.63) is 64.2 Å². The first-order chi connectivity index (χ1) is 16.4. The van der Waals surface area contributed by atoms with Crippen LogP contribution >= 0.6 is 39.0 Å². The van der Waals surface area contributed by atoms with Crippen molar-refractivity contribution in [2.75, 3.05) is 18.2 Å². The summed E-state index contributed by atoms with van der Waals surface area (Å²) in [5.41, 5.74) is 1.82. The number of rotatable bonds is 9. The number of thiazole rings is 1. The fourth-order valence-electron chi connectivity index (χ4n) is 3.09. The number of halogens is 1. The van der Waals surface area contributed by atoms with Crippen molar-refractivity contribution in [2.45, 2.75) is 18.2 Å². The van der Waals surface area contributed by atoms with Crippen molar-refractivity contribution < 1.29 is 14.3 Å². The Kier molecular flexibility index (Phi) is 7.86. The number of nitrogens with one attached hydrogen (secondary N) is 1. The molecule has 11 heteroatoms. The van der Waals surface area contributed by atoms with Gasteiger partial charge in [0.2, 0.25) is 5.91 Å². The highest BCUT2D eigenvalue weighted by atomic mass is 79.9. The Morgan fingerprint density at radius 1 is 1.15 bits per heavy atom. The van der Waals surface area contributed by atoms with Crippen molar-refractivity contribution in [1.29, 1.82) is 0 Å². The van der Waals surface area contributed by atoms with Crippen LogP contribution in [0.1, 0.15) is 18.9 Å². The number of aromatic nitrogens is 4. The summed E-state index contributed by atoms with van der Waals surface area (Å²) in [7, 11) is 3.48. The van der Waals surface area contributed by atoms with E-state index in [2.05, 4.69) is 36.4 Å². The van der Waals surface area contributed by atoms with Gasteiger partial charge < -0.3 is 19.4 Å². The van der Waals surface area contributed by atoms with Crippen LogP contribution in [0.15, 0.2) is 63.5 Å². The zero-order valence-corrected chi connectivity index (χ0v) is 21.9. The molecular weight excluding hydrogens is 538 g/mol. The Morgan fingerprint density at radius 2 is 1.85 bits per heavy atom. The second kappa shape index (κ2) is 11.0. The maximum Gasteiger partial charge on any atom is 0.236 e. The van der Waals surface area contributed by atoms with Crippen LogP contribution in [0.4, 0.5) is 5.13 Å². The van der Waals surface area contributed by atoms with Crippen LogP contribution in [0.3, 0.4) is 0 Å². The molecule has 0 bridgehead atoms. The summed E-state index contributed by atoms with van der Waals surface area (Å²) in [6.45, 7) is 1.90. The zero-order valence-electron chi connectivity index (χ0n) is 18.7. The molecule has 1 atom stereocenters. The van der Waals surface area contributed by atoms with E-state index in [4.69, 9.17) is 9.47 Å². The number of amides is 1. The molecule has 0 fully saturated rings. The summed E-state index contributed by atoms with van der Waals surface area (Å²) >= 11 is 6.12. The average molecular weight is 560 g/mol. The molecule has 0 aliphatic rings. The van der Waals surface area contributed by atoms with Crippen LogP contribution < -0.4 is 14.8 Å². The van der Waals surface area contributed by atoms with Crippen LogP contribution in [0.5, 0.6) is 11.5 Å². The Labute approximate surface area is 213 Å². The smallest absolute Gasteiger partial charge is 0.236 e. The van der Waals surface area contributed by atoms with Gasteiger partial charge in [-0.15, -0.1) is 21.5 Å². The minimum absolute atomic E-state index is 0.159. The summed E-state index contributed by atoms with van der Waals surface area (Å²) in [5, 5.41) is 14.4. The van der Waals surface area contributed by atoms with Gasteiger partial charge in [0.25, 0.3) is 0 Å². The number of nitrogens with zero attached hydrogens (tertiary/aromatic N) is 4. The summed E-state index contributed by atoms with van der Waals surface area (Å²) < 4.78 is 14.0. The molecule has 0 saturated heterocycles. The highest BCUT2D eigenvalue weighted by molar-refractivity contribution is 9.10. The third-order valence-corrected chi connectivity index (χ3v) is 7.13. The van der Waals surface area contributed by atoms with E-state index in [1.165, 1.54) is 23.1 Å². The minimum atomic E-state index is -0.318. The number of methoxy groups -OCH3 is 1. The Bertz CT molecular complexity index is 1260. The topological polar surface area (TPSA) is 91.2 Å². The highest BCUT2D eigenvalue weighted by Crippen LogP contribution is 2.27. The van der Waals surface area contributed by atoms with Crippen molar-refractivity contribution in [3.63, 3.8) is 0 Å². The largest absolute Gasteiger partial charge is 0.497 e. The van der Waals surface area contributed by atoms with E-state index >= 15 is 0 Å². The van der Waals surface area contributed by atoms with Crippen molar-refractivity contribution in [2.24, 2.45) is 7.05 Å². The first-order valence-electron chi connectivity index (χ1n) is 10.3. The van der Waals surface area contributed by atoms with E-state index in [-0.39, 0.29) is 17.8 Å². The van der Waals surface area contributed by atoms with Gasteiger partial charge in [0.1, 0.15) is 11.5 Å². The first-order valence-corrected chi connectivity index (χ1v) is 12.9. The maximum absolute atomic E-state index is 12.5. The standard InChI is InChI=1S/C23H22BrN5O3S2/c1-14(32-18-10-8-17(31-3)9-11-18)21-27-28-23(29(21)2)34-13-20(30)26-22-25-19(12-33-22)15-4-6-16(24)7-5-15/h4-12,14H,13H2,1-3H3,(H,25,26,30). The average Bonchev–Trinajstić information content (AvgIpc) is 3.45. The van der Waals surface area contributed by atoms with Crippen molar-refractivity contribution >= 4 is 50.1 Å². The lowest BCUT2D eigenvalue weighted by Crippen LogP contribution is -2.14. The lowest BCUT2D eigenvalue weighted by molar-refractivity contribution is -0.113. The molecule has 0 saturated carbocycles. The molecule has 2 heterocycles. The number of thioether (sulfide) groups is 1. The van der Waals surface area contributed by atoms with Crippen LogP contribution in [-0.4, -0.2) is 38.5 Å². The molecule has 0 spiro atoms. The van der Waals surface area contributed by atoms with Crippen molar-refractivity contribution in [3.8, 4) is 22.8 Å². The van der Waals surface area contributed by atoms with E-state index < -0.39 is 0 Å². The molecule has 34 heavy (non-hydrogen) atoms. The SMILES string of the molecule is COc1ccc(OC(C)c2nnc(SCC(=O)Nc3nc(-c4ccc(Br)cc4)cs3)n2C)cc1. The molecule has 0 aliphatic carbocycles. The molecule has 4 rings (SSSR count). The maximum atomic E-state index is 12.5. The fraction of sp³-hybridized carbons (Fsp3) is 0.217. The lowest BCUT2D eigenvalue weighted by Gasteiger charge is -2.14. The van der Waals surface area contributed by atoms with Crippen molar-refractivity contribution in [1.82, 2.24) is 19.7 Å². The van der Waals surface area contributed by atoms with E-state index in [1.807, 2.05) is 72.4 Å². The molecule has 176 valence electrons. The molecule has 4 aromatic rings. The number of hydrogen-bond acceptors (Lipinski definition) is 8. The van der Waals surface area contributed by atoms with Gasteiger partial charge in [0.05, 0.1) is 18.6 Å².